The minimum Gasteiger partial charge on any atom is -0.497 e. The predicted octanol–water partition coefficient (Wildman–Crippen LogP) is 3.35. The molecule has 0 aliphatic carbocycles. The number of hydrogen-bond donors (Lipinski definition) is 2. The van der Waals surface area contributed by atoms with Gasteiger partial charge in [0.25, 0.3) is 0 Å². The van der Waals surface area contributed by atoms with Crippen molar-refractivity contribution in [1.82, 2.24) is 4.90 Å². The van der Waals surface area contributed by atoms with Crippen LogP contribution in [0.25, 0.3) is 0 Å². The zero-order valence-corrected chi connectivity index (χ0v) is 16.7. The summed E-state index contributed by atoms with van der Waals surface area (Å²) in [6, 6.07) is 11.3. The molecule has 154 valence electrons. The third kappa shape index (κ3) is 4.71. The topological polar surface area (TPSA) is 89.1 Å². The smallest absolute Gasteiger partial charge is 0.322 e. The van der Waals surface area contributed by atoms with E-state index >= 15 is 0 Å². The Labute approximate surface area is 169 Å². The maximum absolute atomic E-state index is 12.8. The normalized spacial score (nSPS) is 15.6. The molecule has 0 unspecified atom stereocenters. The highest BCUT2D eigenvalue weighted by Crippen LogP contribution is 2.30. The number of carbonyl (C=O) groups is 2. The largest absolute Gasteiger partial charge is 0.497 e. The van der Waals surface area contributed by atoms with Crippen LogP contribution in [0.3, 0.4) is 0 Å². The fraction of sp³-hybridized carbons (Fsp3) is 0.333. The van der Waals surface area contributed by atoms with Gasteiger partial charge in [-0.2, -0.15) is 0 Å². The molecule has 8 nitrogen and oxygen atoms in total. The molecule has 3 amide bonds. The third-order valence-electron chi connectivity index (χ3n) is 4.81. The molecule has 1 saturated heterocycles. The molecule has 0 radical (unpaired) electrons. The van der Waals surface area contributed by atoms with Gasteiger partial charge >= 0.3 is 6.03 Å². The molecule has 29 heavy (non-hydrogen) atoms. The second-order valence-electron chi connectivity index (χ2n) is 6.57. The maximum atomic E-state index is 12.8. The van der Waals surface area contributed by atoms with Gasteiger partial charge < -0.3 is 29.7 Å². The molecule has 1 fully saturated rings. The first-order valence-corrected chi connectivity index (χ1v) is 9.30. The summed E-state index contributed by atoms with van der Waals surface area (Å²) in [4.78, 5) is 27.0. The molecule has 2 N–H and O–H groups in total. The third-order valence-corrected chi connectivity index (χ3v) is 4.81. The molecule has 0 bridgehead atoms. The lowest BCUT2D eigenvalue weighted by molar-refractivity contribution is -0.119. The van der Waals surface area contributed by atoms with Crippen molar-refractivity contribution < 1.29 is 23.8 Å². The van der Waals surface area contributed by atoms with Crippen LogP contribution >= 0.6 is 0 Å². The Morgan fingerprint density at radius 2 is 1.59 bits per heavy atom. The van der Waals surface area contributed by atoms with Gasteiger partial charge in [0.2, 0.25) is 5.91 Å². The van der Waals surface area contributed by atoms with Gasteiger partial charge in [-0.3, -0.25) is 4.79 Å². The Kier molecular flexibility index (Phi) is 6.43. The van der Waals surface area contributed by atoms with Crippen LogP contribution in [0.2, 0.25) is 0 Å². The first-order chi connectivity index (χ1) is 14.0. The van der Waals surface area contributed by atoms with Crippen LogP contribution in [-0.2, 0) is 4.79 Å². The molecule has 0 saturated carbocycles. The predicted molar refractivity (Wildman–Crippen MR) is 110 cm³/mol. The molecule has 1 aliphatic heterocycles. The molecule has 1 heterocycles. The second kappa shape index (κ2) is 9.18. The second-order valence-corrected chi connectivity index (χ2v) is 6.57. The van der Waals surface area contributed by atoms with Gasteiger partial charge in [-0.1, -0.05) is 0 Å². The van der Waals surface area contributed by atoms with E-state index in [0.29, 0.717) is 41.6 Å². The van der Waals surface area contributed by atoms with Crippen LogP contribution in [0.5, 0.6) is 17.2 Å². The van der Waals surface area contributed by atoms with Crippen molar-refractivity contribution in [3.8, 4) is 17.2 Å². The quantitative estimate of drug-likeness (QED) is 0.778. The Morgan fingerprint density at radius 1 is 0.897 bits per heavy atom. The lowest BCUT2D eigenvalue weighted by Crippen LogP contribution is -2.45. The van der Waals surface area contributed by atoms with E-state index in [9.17, 15) is 9.59 Å². The fourth-order valence-electron chi connectivity index (χ4n) is 3.29. The van der Waals surface area contributed by atoms with Crippen molar-refractivity contribution in [3.63, 3.8) is 0 Å². The molecule has 0 spiro atoms. The molecule has 2 aromatic rings. The van der Waals surface area contributed by atoms with Crippen molar-refractivity contribution in [2.24, 2.45) is 0 Å². The standard InChI is InChI=1S/C21H25N3O5/c1-27-16-9-6-14(7-10-16)23-21(26)24-12-4-5-17(24)20(25)22-15-8-11-18(28-2)19(13-15)29-3/h6-11,13,17H,4-5,12H2,1-3H3,(H,22,25)(H,23,26)/t17-/m0/s1. The highest BCUT2D eigenvalue weighted by Gasteiger charge is 2.34. The van der Waals surface area contributed by atoms with Gasteiger partial charge in [-0.15, -0.1) is 0 Å². The van der Waals surface area contributed by atoms with E-state index in [4.69, 9.17) is 14.2 Å². The summed E-state index contributed by atoms with van der Waals surface area (Å²) >= 11 is 0. The highest BCUT2D eigenvalue weighted by molar-refractivity contribution is 5.99. The lowest BCUT2D eigenvalue weighted by Gasteiger charge is -2.24. The number of hydrogen-bond acceptors (Lipinski definition) is 5. The summed E-state index contributed by atoms with van der Waals surface area (Å²) in [6.45, 7) is 0.520. The van der Waals surface area contributed by atoms with Gasteiger partial charge in [0, 0.05) is 24.0 Å². The van der Waals surface area contributed by atoms with E-state index in [2.05, 4.69) is 10.6 Å². The summed E-state index contributed by atoms with van der Waals surface area (Å²) in [5.41, 5.74) is 1.22. The van der Waals surface area contributed by atoms with Crippen LogP contribution in [0.1, 0.15) is 12.8 Å². The Bertz CT molecular complexity index is 869. The van der Waals surface area contributed by atoms with Crippen molar-refractivity contribution >= 4 is 23.3 Å². The molecule has 0 aromatic heterocycles. The summed E-state index contributed by atoms with van der Waals surface area (Å²) < 4.78 is 15.6. The number of ether oxygens (including phenoxy) is 3. The molecule has 2 aromatic carbocycles. The Balaban J connectivity index is 1.66. The number of carbonyl (C=O) groups excluding carboxylic acids is 2. The molecule has 1 atom stereocenters. The first kappa shape index (κ1) is 20.3. The molecule has 1 aliphatic rings. The van der Waals surface area contributed by atoms with Crippen molar-refractivity contribution in [2.45, 2.75) is 18.9 Å². The average molecular weight is 399 g/mol. The minimum absolute atomic E-state index is 0.236. The number of methoxy groups -OCH3 is 3. The van der Waals surface area contributed by atoms with Gasteiger partial charge in [0.15, 0.2) is 11.5 Å². The van der Waals surface area contributed by atoms with Crippen molar-refractivity contribution in [1.29, 1.82) is 0 Å². The van der Waals surface area contributed by atoms with Crippen LogP contribution in [0, 0.1) is 0 Å². The number of rotatable bonds is 6. The Morgan fingerprint density at radius 3 is 2.24 bits per heavy atom. The van der Waals surface area contributed by atoms with E-state index in [-0.39, 0.29) is 11.9 Å². The van der Waals surface area contributed by atoms with E-state index < -0.39 is 6.04 Å². The SMILES string of the molecule is COc1ccc(NC(=O)N2CCC[C@H]2C(=O)Nc2ccc(OC)c(OC)c2)cc1. The van der Waals surface area contributed by atoms with Gasteiger partial charge in [0.1, 0.15) is 11.8 Å². The number of likely N-dealkylation sites (tertiary alicyclic amines) is 1. The van der Waals surface area contributed by atoms with Crippen LogP contribution < -0.4 is 24.8 Å². The number of nitrogens with zero attached hydrogens (tertiary/aromatic N) is 1. The summed E-state index contributed by atoms with van der Waals surface area (Å²) in [7, 11) is 4.67. The van der Waals surface area contributed by atoms with E-state index in [1.807, 2.05) is 0 Å². The monoisotopic (exact) mass is 399 g/mol. The number of nitrogens with one attached hydrogen (secondary N) is 2. The summed E-state index contributed by atoms with van der Waals surface area (Å²) in [5.74, 6) is 1.56. The highest BCUT2D eigenvalue weighted by atomic mass is 16.5. The minimum atomic E-state index is -0.540. The van der Waals surface area contributed by atoms with Crippen LogP contribution in [0.4, 0.5) is 16.2 Å². The lowest BCUT2D eigenvalue weighted by atomic mass is 10.2. The number of benzene rings is 2. The average Bonchev–Trinajstić information content (AvgIpc) is 3.24. The van der Waals surface area contributed by atoms with E-state index in [1.54, 1.807) is 61.6 Å². The first-order valence-electron chi connectivity index (χ1n) is 9.30. The summed E-state index contributed by atoms with van der Waals surface area (Å²) in [6.07, 6.45) is 1.37. The molecular weight excluding hydrogens is 374 g/mol. The van der Waals surface area contributed by atoms with E-state index in [1.165, 1.54) is 7.11 Å². The van der Waals surface area contributed by atoms with Crippen molar-refractivity contribution in [2.75, 3.05) is 38.5 Å². The van der Waals surface area contributed by atoms with Crippen LogP contribution in [-0.4, -0.2) is 50.8 Å². The fourth-order valence-corrected chi connectivity index (χ4v) is 3.29. The summed E-state index contributed by atoms with van der Waals surface area (Å²) in [5, 5.41) is 5.69. The molecule has 3 rings (SSSR count). The van der Waals surface area contributed by atoms with Gasteiger partial charge in [-0.05, 0) is 49.2 Å². The van der Waals surface area contributed by atoms with Crippen LogP contribution in [0.15, 0.2) is 42.5 Å². The molecule has 8 heteroatoms. The number of anilines is 2. The zero-order valence-electron chi connectivity index (χ0n) is 16.7. The van der Waals surface area contributed by atoms with Crippen molar-refractivity contribution in [3.05, 3.63) is 42.5 Å². The van der Waals surface area contributed by atoms with Gasteiger partial charge in [-0.25, -0.2) is 4.79 Å². The number of urea groups is 1. The Hall–Kier alpha value is -3.42. The van der Waals surface area contributed by atoms with E-state index in [0.717, 1.165) is 6.42 Å². The van der Waals surface area contributed by atoms with Gasteiger partial charge in [0.05, 0.1) is 21.3 Å². The zero-order chi connectivity index (χ0) is 20.8. The maximum Gasteiger partial charge on any atom is 0.322 e. The number of amides is 3. The molecular formula is C21H25N3O5.